The first-order chi connectivity index (χ1) is 12.3. The van der Waals surface area contributed by atoms with Crippen LogP contribution >= 0.6 is 0 Å². The zero-order chi connectivity index (χ0) is 18.8. The Bertz CT molecular complexity index is 688. The molecular weight excluding hydrogens is 328 g/mol. The summed E-state index contributed by atoms with van der Waals surface area (Å²) < 4.78 is 12.4. The van der Waals surface area contributed by atoms with Crippen LogP contribution in [0.15, 0.2) is 24.3 Å². The highest BCUT2D eigenvalue weighted by Gasteiger charge is 2.71. The van der Waals surface area contributed by atoms with Crippen LogP contribution in [-0.2, 0) is 19.1 Å². The number of Topliss-reactive ketones (excluding diaryl/α,β-unsaturated/α-hetero) is 1. The van der Waals surface area contributed by atoms with Crippen molar-refractivity contribution in [2.75, 3.05) is 13.2 Å². The maximum absolute atomic E-state index is 13.7. The van der Waals surface area contributed by atoms with Crippen molar-refractivity contribution in [1.82, 2.24) is 0 Å². The Hall–Kier alpha value is -1.26. The van der Waals surface area contributed by atoms with Gasteiger partial charge in [-0.1, -0.05) is 32.9 Å². The highest BCUT2D eigenvalue weighted by atomic mass is 16.7. The average molecular weight is 358 g/mol. The van der Waals surface area contributed by atoms with Gasteiger partial charge in [0.2, 0.25) is 0 Å². The van der Waals surface area contributed by atoms with E-state index in [9.17, 15) is 9.59 Å². The maximum atomic E-state index is 13.7. The molecule has 1 heterocycles. The van der Waals surface area contributed by atoms with Gasteiger partial charge in [0.15, 0.2) is 5.79 Å². The third-order valence-corrected chi connectivity index (χ3v) is 8.13. The molecule has 5 atom stereocenters. The summed E-state index contributed by atoms with van der Waals surface area (Å²) in [6, 6.07) is 0. The molecule has 2 saturated carbocycles. The Morgan fingerprint density at radius 2 is 1.88 bits per heavy atom. The van der Waals surface area contributed by atoms with E-state index >= 15 is 0 Å². The van der Waals surface area contributed by atoms with E-state index in [2.05, 4.69) is 20.4 Å². The van der Waals surface area contributed by atoms with Gasteiger partial charge in [-0.15, -0.1) is 6.58 Å². The standard InChI is InChI=1S/C22H30O4/c1-5-19(3)12-16(14-23)21-7-6-15(2)20(4,17(24)13-19)18(21)22(9-8-21)25-10-11-26-22/h5,12,14-15,18H,1,6-11,13H2,2-4H3/b16-12-/t15-,18?,19+,20?,21+/m1/s1. The largest absolute Gasteiger partial charge is 0.347 e. The van der Waals surface area contributed by atoms with Crippen LogP contribution in [-0.4, -0.2) is 31.1 Å². The van der Waals surface area contributed by atoms with E-state index in [1.807, 2.05) is 19.1 Å². The Kier molecular flexibility index (Phi) is 3.92. The van der Waals surface area contributed by atoms with Gasteiger partial charge in [0.1, 0.15) is 12.1 Å². The zero-order valence-corrected chi connectivity index (χ0v) is 16.2. The normalized spacial score (nSPS) is 49.0. The molecule has 0 aromatic heterocycles. The van der Waals surface area contributed by atoms with Crippen molar-refractivity contribution in [3.05, 3.63) is 24.3 Å². The Morgan fingerprint density at radius 3 is 2.50 bits per heavy atom. The lowest BCUT2D eigenvalue weighted by Crippen LogP contribution is -2.60. The van der Waals surface area contributed by atoms with Crippen LogP contribution in [0, 0.1) is 28.1 Å². The van der Waals surface area contributed by atoms with Crippen LogP contribution in [0.2, 0.25) is 0 Å². The van der Waals surface area contributed by atoms with Crippen molar-refractivity contribution in [3.63, 3.8) is 0 Å². The molecule has 1 saturated heterocycles. The van der Waals surface area contributed by atoms with E-state index in [4.69, 9.17) is 9.47 Å². The number of carbonyl (C=O) groups is 2. The molecule has 0 amide bonds. The van der Waals surface area contributed by atoms with Crippen molar-refractivity contribution < 1.29 is 19.1 Å². The summed E-state index contributed by atoms with van der Waals surface area (Å²) in [5.74, 6) is -0.339. The number of ether oxygens (including phenoxy) is 2. The molecule has 4 nitrogen and oxygen atoms in total. The highest BCUT2D eigenvalue weighted by Crippen LogP contribution is 2.70. The van der Waals surface area contributed by atoms with Crippen LogP contribution in [0.3, 0.4) is 0 Å². The molecule has 1 aliphatic heterocycles. The van der Waals surface area contributed by atoms with Gasteiger partial charge in [0.05, 0.1) is 13.2 Å². The van der Waals surface area contributed by atoms with E-state index in [1.54, 1.807) is 0 Å². The number of hydrogen-bond acceptors (Lipinski definition) is 4. The molecule has 2 unspecified atom stereocenters. The fraction of sp³-hybridized carbons (Fsp3) is 0.727. The Morgan fingerprint density at radius 1 is 1.19 bits per heavy atom. The van der Waals surface area contributed by atoms with Gasteiger partial charge in [0, 0.05) is 35.0 Å². The maximum Gasteiger partial charge on any atom is 0.173 e. The fourth-order valence-corrected chi connectivity index (χ4v) is 6.51. The predicted octanol–water partition coefficient (Wildman–Crippen LogP) is 3.85. The quantitative estimate of drug-likeness (QED) is 0.556. The molecule has 0 aromatic rings. The first kappa shape index (κ1) is 18.1. The van der Waals surface area contributed by atoms with Crippen molar-refractivity contribution in [1.29, 1.82) is 0 Å². The van der Waals surface area contributed by atoms with Gasteiger partial charge in [-0.2, -0.15) is 0 Å². The monoisotopic (exact) mass is 358 g/mol. The fourth-order valence-electron chi connectivity index (χ4n) is 6.51. The van der Waals surface area contributed by atoms with Crippen LogP contribution < -0.4 is 0 Å². The molecule has 0 aromatic carbocycles. The molecule has 2 bridgehead atoms. The van der Waals surface area contributed by atoms with E-state index in [-0.39, 0.29) is 23.0 Å². The van der Waals surface area contributed by atoms with Crippen molar-refractivity contribution in [3.8, 4) is 0 Å². The van der Waals surface area contributed by atoms with E-state index in [0.29, 0.717) is 19.6 Å². The van der Waals surface area contributed by atoms with Gasteiger partial charge in [-0.3, -0.25) is 9.59 Å². The molecule has 0 N–H and O–H groups in total. The summed E-state index contributed by atoms with van der Waals surface area (Å²) in [7, 11) is 0. The summed E-state index contributed by atoms with van der Waals surface area (Å²) >= 11 is 0. The Balaban J connectivity index is 2.00. The Labute approximate surface area is 156 Å². The lowest BCUT2D eigenvalue weighted by molar-refractivity contribution is -0.235. The van der Waals surface area contributed by atoms with Gasteiger partial charge < -0.3 is 9.47 Å². The number of hydrogen-bond donors (Lipinski definition) is 0. The SMILES string of the molecule is C=C[C@@]1(C)/C=C(/C=O)[C@@]23CC[C@@H](C)C(C)(C(=O)C1)C2C1(CC3)OCCO1. The second-order valence-electron chi connectivity index (χ2n) is 9.35. The smallest absolute Gasteiger partial charge is 0.173 e. The summed E-state index contributed by atoms with van der Waals surface area (Å²) in [5, 5.41) is 0. The molecule has 3 fully saturated rings. The van der Waals surface area contributed by atoms with Gasteiger partial charge in [0.25, 0.3) is 0 Å². The number of ketones is 1. The third-order valence-electron chi connectivity index (χ3n) is 8.13. The lowest BCUT2D eigenvalue weighted by Gasteiger charge is -2.57. The van der Waals surface area contributed by atoms with Crippen molar-refractivity contribution in [2.45, 2.75) is 58.7 Å². The van der Waals surface area contributed by atoms with Crippen LogP contribution in [0.1, 0.15) is 52.9 Å². The summed E-state index contributed by atoms with van der Waals surface area (Å²) in [5.41, 5.74) is -0.567. The molecule has 142 valence electrons. The molecule has 4 heteroatoms. The molecule has 1 spiro atoms. The van der Waals surface area contributed by atoms with Crippen LogP contribution in [0.4, 0.5) is 0 Å². The molecular formula is C22H30O4. The number of carbonyl (C=O) groups excluding carboxylic acids is 2. The summed E-state index contributed by atoms with van der Waals surface area (Å²) in [4.78, 5) is 25.9. The van der Waals surface area contributed by atoms with Gasteiger partial charge >= 0.3 is 0 Å². The summed E-state index contributed by atoms with van der Waals surface area (Å²) in [6.45, 7) is 11.4. The van der Waals surface area contributed by atoms with Crippen LogP contribution in [0.25, 0.3) is 0 Å². The number of allylic oxidation sites excluding steroid dienone is 3. The first-order valence-corrected chi connectivity index (χ1v) is 9.90. The van der Waals surface area contributed by atoms with E-state index in [0.717, 1.165) is 37.5 Å². The zero-order valence-electron chi connectivity index (χ0n) is 16.2. The van der Waals surface area contributed by atoms with Crippen LogP contribution in [0.5, 0.6) is 0 Å². The topological polar surface area (TPSA) is 52.6 Å². The lowest BCUT2D eigenvalue weighted by atomic mass is 9.46. The predicted molar refractivity (Wildman–Crippen MR) is 98.4 cm³/mol. The van der Waals surface area contributed by atoms with E-state index < -0.39 is 16.6 Å². The number of rotatable bonds is 2. The van der Waals surface area contributed by atoms with Crippen molar-refractivity contribution in [2.24, 2.45) is 28.1 Å². The number of aldehydes is 1. The first-order valence-electron chi connectivity index (χ1n) is 9.90. The third kappa shape index (κ3) is 2.09. The van der Waals surface area contributed by atoms with E-state index in [1.165, 1.54) is 0 Å². The minimum atomic E-state index is -0.719. The molecule has 26 heavy (non-hydrogen) atoms. The molecule has 3 aliphatic carbocycles. The average Bonchev–Trinajstić information content (AvgIpc) is 3.22. The molecule has 4 rings (SSSR count). The van der Waals surface area contributed by atoms with Gasteiger partial charge in [-0.05, 0) is 30.8 Å². The summed E-state index contributed by atoms with van der Waals surface area (Å²) in [6.07, 6.45) is 8.68. The van der Waals surface area contributed by atoms with Gasteiger partial charge in [-0.25, -0.2) is 0 Å². The highest BCUT2D eigenvalue weighted by molar-refractivity contribution is 5.89. The van der Waals surface area contributed by atoms with Crippen molar-refractivity contribution >= 4 is 12.1 Å². The molecule has 4 aliphatic rings. The second-order valence-corrected chi connectivity index (χ2v) is 9.35. The molecule has 0 radical (unpaired) electrons. The minimum absolute atomic E-state index is 0.105. The minimum Gasteiger partial charge on any atom is -0.347 e. The second kappa shape index (κ2) is 5.62.